The maximum atomic E-state index is 12.3. The van der Waals surface area contributed by atoms with E-state index in [-0.39, 0.29) is 18.4 Å². The summed E-state index contributed by atoms with van der Waals surface area (Å²) in [5.74, 6) is -1.25. The molecule has 0 bridgehead atoms. The molecule has 4 rings (SSSR count). The third kappa shape index (κ3) is 4.03. The van der Waals surface area contributed by atoms with Crippen molar-refractivity contribution >= 4 is 22.8 Å². The zero-order valence-corrected chi connectivity index (χ0v) is 16.4. The number of benzene rings is 2. The van der Waals surface area contributed by atoms with Crippen LogP contribution in [-0.4, -0.2) is 40.2 Å². The first-order valence-electron chi connectivity index (χ1n) is 9.93. The van der Waals surface area contributed by atoms with Crippen LogP contribution in [-0.2, 0) is 23.1 Å². The van der Waals surface area contributed by atoms with Crippen LogP contribution in [0.5, 0.6) is 0 Å². The Hall–Kier alpha value is -3.12. The molecule has 6 heteroatoms. The molecule has 0 unspecified atom stereocenters. The Bertz CT molecular complexity index is 1030. The van der Waals surface area contributed by atoms with Crippen molar-refractivity contribution in [2.75, 3.05) is 6.54 Å². The van der Waals surface area contributed by atoms with Crippen molar-refractivity contribution in [2.24, 2.45) is 7.05 Å². The number of amides is 1. The summed E-state index contributed by atoms with van der Waals surface area (Å²) in [4.78, 5) is 23.9. The van der Waals surface area contributed by atoms with Crippen LogP contribution in [0.1, 0.15) is 18.4 Å². The number of hydrogen-bond donors (Lipinski definition) is 3. The van der Waals surface area contributed by atoms with Crippen LogP contribution in [0.4, 0.5) is 0 Å². The fourth-order valence-corrected chi connectivity index (χ4v) is 4.03. The van der Waals surface area contributed by atoms with Gasteiger partial charge in [0.15, 0.2) is 0 Å². The first kappa shape index (κ1) is 19.2. The molecule has 29 heavy (non-hydrogen) atoms. The number of hydrogen-bond acceptors (Lipinski definition) is 3. The van der Waals surface area contributed by atoms with Crippen LogP contribution < -0.4 is 10.6 Å². The summed E-state index contributed by atoms with van der Waals surface area (Å²) < 4.78 is 2.10. The molecule has 150 valence electrons. The summed E-state index contributed by atoms with van der Waals surface area (Å²) >= 11 is 0. The van der Waals surface area contributed by atoms with E-state index < -0.39 is 12.0 Å². The lowest BCUT2D eigenvalue weighted by Gasteiger charge is -2.18. The summed E-state index contributed by atoms with van der Waals surface area (Å²) in [7, 11) is 2.03. The lowest BCUT2D eigenvalue weighted by Crippen LogP contribution is -2.49. The second-order valence-corrected chi connectivity index (χ2v) is 7.62. The average Bonchev–Trinajstić information content (AvgIpc) is 3.38. The van der Waals surface area contributed by atoms with Crippen LogP contribution in [0.15, 0.2) is 54.7 Å². The fourth-order valence-electron chi connectivity index (χ4n) is 4.03. The van der Waals surface area contributed by atoms with Gasteiger partial charge in [-0.15, -0.1) is 0 Å². The molecular weight excluding hydrogens is 366 g/mol. The highest BCUT2D eigenvalue weighted by Crippen LogP contribution is 2.29. The second-order valence-electron chi connectivity index (χ2n) is 7.62. The highest BCUT2D eigenvalue weighted by Gasteiger charge is 2.27. The smallest absolute Gasteiger partial charge is 0.326 e. The van der Waals surface area contributed by atoms with Crippen LogP contribution in [0, 0.1) is 0 Å². The van der Waals surface area contributed by atoms with Crippen LogP contribution in [0.2, 0.25) is 0 Å². The van der Waals surface area contributed by atoms with Crippen LogP contribution in [0.3, 0.4) is 0 Å². The number of carboxylic acid groups (broad SMARTS) is 1. The van der Waals surface area contributed by atoms with E-state index in [0.717, 1.165) is 36.1 Å². The SMILES string of the molecule is Cn1ccc2cccc(-c3ccc(C[C@H](NC(=O)[C@@H]4CCCN4)C(=O)O)cc3)c21. The predicted molar refractivity (Wildman–Crippen MR) is 113 cm³/mol. The number of nitrogens with one attached hydrogen (secondary N) is 2. The van der Waals surface area contributed by atoms with Gasteiger partial charge in [0.1, 0.15) is 6.04 Å². The number of aliphatic carboxylic acids is 1. The van der Waals surface area contributed by atoms with E-state index >= 15 is 0 Å². The topological polar surface area (TPSA) is 83.4 Å². The van der Waals surface area contributed by atoms with Gasteiger partial charge in [-0.1, -0.05) is 42.5 Å². The van der Waals surface area contributed by atoms with Gasteiger partial charge in [0, 0.05) is 30.6 Å². The molecule has 0 radical (unpaired) electrons. The maximum Gasteiger partial charge on any atom is 0.326 e. The first-order valence-corrected chi connectivity index (χ1v) is 9.93. The van der Waals surface area contributed by atoms with E-state index in [1.807, 2.05) is 43.6 Å². The molecule has 0 spiro atoms. The number of nitrogens with zero attached hydrogens (tertiary/aromatic N) is 1. The van der Waals surface area contributed by atoms with E-state index in [2.05, 4.69) is 33.4 Å². The van der Waals surface area contributed by atoms with Crippen molar-refractivity contribution in [3.63, 3.8) is 0 Å². The minimum atomic E-state index is -1.02. The Labute approximate surface area is 169 Å². The number of carboxylic acids is 1. The van der Waals surface area contributed by atoms with Crippen molar-refractivity contribution in [3.05, 3.63) is 60.3 Å². The molecule has 1 aromatic heterocycles. The number of para-hydroxylation sites is 1. The summed E-state index contributed by atoms with van der Waals surface area (Å²) in [6.07, 6.45) is 3.98. The number of rotatable bonds is 6. The standard InChI is InChI=1S/C23H25N3O3/c1-26-13-11-17-4-2-5-18(21(17)26)16-9-7-15(8-10-16)14-20(23(28)29)25-22(27)19-6-3-12-24-19/h2,4-5,7-11,13,19-20,24H,3,6,12,14H2,1H3,(H,25,27)(H,28,29)/t19-,20-/m0/s1. The average molecular weight is 391 g/mol. The highest BCUT2D eigenvalue weighted by molar-refractivity contribution is 5.94. The Kier molecular flexibility index (Phi) is 5.36. The molecule has 2 atom stereocenters. The first-order chi connectivity index (χ1) is 14.0. The molecule has 2 heterocycles. The number of aryl methyl sites for hydroxylation is 1. The molecule has 1 aliphatic heterocycles. The van der Waals surface area contributed by atoms with Gasteiger partial charge in [-0.2, -0.15) is 0 Å². The third-order valence-corrected chi connectivity index (χ3v) is 5.59. The molecule has 3 aromatic rings. The predicted octanol–water partition coefficient (Wildman–Crippen LogP) is 2.71. The van der Waals surface area contributed by atoms with Gasteiger partial charge >= 0.3 is 5.97 Å². The molecule has 1 amide bonds. The molecule has 0 aliphatic carbocycles. The van der Waals surface area contributed by atoms with E-state index in [1.54, 1.807) is 0 Å². The van der Waals surface area contributed by atoms with Gasteiger partial charge in [-0.25, -0.2) is 4.79 Å². The molecule has 1 aliphatic rings. The van der Waals surface area contributed by atoms with Crippen LogP contribution in [0.25, 0.3) is 22.0 Å². The lowest BCUT2D eigenvalue weighted by molar-refractivity contribution is -0.142. The van der Waals surface area contributed by atoms with E-state index in [9.17, 15) is 14.7 Å². The summed E-state index contributed by atoms with van der Waals surface area (Å²) in [5, 5.41) is 16.5. The largest absolute Gasteiger partial charge is 0.480 e. The van der Waals surface area contributed by atoms with Crippen molar-refractivity contribution in [2.45, 2.75) is 31.3 Å². The normalized spacial score (nSPS) is 17.3. The Morgan fingerprint density at radius 2 is 2.00 bits per heavy atom. The van der Waals surface area contributed by atoms with Crippen LogP contribution >= 0.6 is 0 Å². The van der Waals surface area contributed by atoms with E-state index in [0.29, 0.717) is 0 Å². The highest BCUT2D eigenvalue weighted by atomic mass is 16.4. The summed E-state index contributed by atoms with van der Waals surface area (Å²) in [6.45, 7) is 0.797. The van der Waals surface area contributed by atoms with Gasteiger partial charge < -0.3 is 20.3 Å². The van der Waals surface area contributed by atoms with Gasteiger partial charge in [-0.05, 0) is 36.6 Å². The molecule has 1 saturated heterocycles. The number of carbonyl (C=O) groups excluding carboxylic acids is 1. The molecular formula is C23H25N3O3. The summed E-state index contributed by atoms with van der Waals surface area (Å²) in [5.41, 5.74) is 4.25. The third-order valence-electron chi connectivity index (χ3n) is 5.59. The number of fused-ring (bicyclic) bond motifs is 1. The minimum Gasteiger partial charge on any atom is -0.480 e. The number of aromatic nitrogens is 1. The Morgan fingerprint density at radius 3 is 2.69 bits per heavy atom. The quantitative estimate of drug-likeness (QED) is 0.603. The Balaban J connectivity index is 1.51. The zero-order valence-electron chi connectivity index (χ0n) is 16.4. The van der Waals surface area contributed by atoms with Gasteiger partial charge in [0.25, 0.3) is 0 Å². The van der Waals surface area contributed by atoms with Gasteiger partial charge in [0.2, 0.25) is 5.91 Å². The fraction of sp³-hybridized carbons (Fsp3) is 0.304. The maximum absolute atomic E-state index is 12.3. The van der Waals surface area contributed by atoms with Crippen molar-refractivity contribution < 1.29 is 14.7 Å². The van der Waals surface area contributed by atoms with Crippen molar-refractivity contribution in [3.8, 4) is 11.1 Å². The second kappa shape index (κ2) is 8.09. The van der Waals surface area contributed by atoms with E-state index in [1.165, 1.54) is 10.9 Å². The molecule has 0 saturated carbocycles. The van der Waals surface area contributed by atoms with Gasteiger partial charge in [0.05, 0.1) is 11.6 Å². The zero-order chi connectivity index (χ0) is 20.4. The molecule has 1 fully saturated rings. The summed E-state index contributed by atoms with van der Waals surface area (Å²) in [6, 6.07) is 15.0. The van der Waals surface area contributed by atoms with Crippen molar-refractivity contribution in [1.29, 1.82) is 0 Å². The molecule has 2 aromatic carbocycles. The van der Waals surface area contributed by atoms with E-state index in [4.69, 9.17) is 0 Å². The van der Waals surface area contributed by atoms with Gasteiger partial charge in [-0.3, -0.25) is 4.79 Å². The number of carbonyl (C=O) groups is 2. The van der Waals surface area contributed by atoms with Crippen molar-refractivity contribution in [1.82, 2.24) is 15.2 Å². The lowest BCUT2D eigenvalue weighted by atomic mass is 9.99. The minimum absolute atomic E-state index is 0.234. The monoisotopic (exact) mass is 391 g/mol. The molecule has 3 N–H and O–H groups in total. The Morgan fingerprint density at radius 1 is 1.21 bits per heavy atom. The molecule has 6 nitrogen and oxygen atoms in total.